The second-order valence-electron chi connectivity index (χ2n) is 7.07. The minimum atomic E-state index is 0.546. The van der Waals surface area contributed by atoms with Gasteiger partial charge >= 0.3 is 0 Å². The highest BCUT2D eigenvalue weighted by Gasteiger charge is 2.12. The van der Waals surface area contributed by atoms with Crippen LogP contribution in [0.1, 0.15) is 22.5 Å². The fraction of sp³-hybridized carbons (Fsp3) is 0.120. The number of hydrogen-bond donors (Lipinski definition) is 1. The number of anilines is 1. The highest BCUT2D eigenvalue weighted by Crippen LogP contribution is 2.22. The Hall–Kier alpha value is -3.86. The zero-order valence-corrected chi connectivity index (χ0v) is 17.0. The maximum absolute atomic E-state index is 5.84. The maximum Gasteiger partial charge on any atom is 0.131 e. The van der Waals surface area contributed by atoms with E-state index in [0.717, 1.165) is 28.4 Å². The molecule has 4 aromatic rings. The van der Waals surface area contributed by atoms with Crippen molar-refractivity contribution >= 4 is 11.4 Å². The molecule has 0 atom stereocenters. The third-order valence-corrected chi connectivity index (χ3v) is 4.84. The normalized spacial score (nSPS) is 10.6. The zero-order chi connectivity index (χ0) is 20.8. The third-order valence-electron chi connectivity index (χ3n) is 4.84. The number of ether oxygens (including phenoxy) is 1. The van der Waals surface area contributed by atoms with Crippen molar-refractivity contribution in [2.24, 2.45) is 0 Å². The van der Waals surface area contributed by atoms with Gasteiger partial charge < -0.3 is 10.1 Å². The maximum atomic E-state index is 5.84. The van der Waals surface area contributed by atoms with Crippen LogP contribution in [0.4, 0.5) is 5.69 Å². The first kappa shape index (κ1) is 19.5. The van der Waals surface area contributed by atoms with E-state index >= 15 is 0 Å². The van der Waals surface area contributed by atoms with Gasteiger partial charge in [-0.05, 0) is 42.3 Å². The molecule has 1 aromatic heterocycles. The van der Waals surface area contributed by atoms with Crippen LogP contribution >= 0.6 is 0 Å². The van der Waals surface area contributed by atoms with Gasteiger partial charge in [-0.1, -0.05) is 72.5 Å². The predicted molar refractivity (Wildman–Crippen MR) is 120 cm³/mol. The molecule has 0 bridgehead atoms. The summed E-state index contributed by atoms with van der Waals surface area (Å²) in [6, 6.07) is 28.1. The van der Waals surface area contributed by atoms with Crippen molar-refractivity contribution in [1.29, 1.82) is 0 Å². The standard InChI is InChI=1S/C25H24N4O/c1-19(25-20(2)29(28-27-25)17-21-9-5-3-6-10-21)26-23-13-15-24(16-14-23)30-18-22-11-7-4-8-12-22/h3-16,26H,1,17-18H2,2H3. The van der Waals surface area contributed by atoms with E-state index in [1.54, 1.807) is 0 Å². The molecule has 150 valence electrons. The monoisotopic (exact) mass is 396 g/mol. The van der Waals surface area contributed by atoms with Crippen LogP contribution in [0.15, 0.2) is 91.5 Å². The summed E-state index contributed by atoms with van der Waals surface area (Å²) in [5.74, 6) is 0.819. The van der Waals surface area contributed by atoms with Gasteiger partial charge in [0.15, 0.2) is 0 Å². The van der Waals surface area contributed by atoms with E-state index in [9.17, 15) is 0 Å². The first-order valence-corrected chi connectivity index (χ1v) is 9.86. The zero-order valence-electron chi connectivity index (χ0n) is 17.0. The highest BCUT2D eigenvalue weighted by atomic mass is 16.5. The smallest absolute Gasteiger partial charge is 0.131 e. The largest absolute Gasteiger partial charge is 0.489 e. The van der Waals surface area contributed by atoms with Crippen LogP contribution in [0.2, 0.25) is 0 Å². The lowest BCUT2D eigenvalue weighted by molar-refractivity contribution is 0.306. The molecule has 1 N–H and O–H groups in total. The number of nitrogens with one attached hydrogen (secondary N) is 1. The van der Waals surface area contributed by atoms with Crippen molar-refractivity contribution in [1.82, 2.24) is 15.0 Å². The number of benzene rings is 3. The molecule has 3 aromatic carbocycles. The Morgan fingerprint density at radius 3 is 2.20 bits per heavy atom. The molecule has 0 fully saturated rings. The van der Waals surface area contributed by atoms with Gasteiger partial charge in [0.05, 0.1) is 17.9 Å². The van der Waals surface area contributed by atoms with Crippen LogP contribution < -0.4 is 10.1 Å². The summed E-state index contributed by atoms with van der Waals surface area (Å²) in [6.45, 7) is 7.37. The van der Waals surface area contributed by atoms with Gasteiger partial charge in [0, 0.05) is 5.69 Å². The van der Waals surface area contributed by atoms with Crippen LogP contribution in [-0.4, -0.2) is 15.0 Å². The van der Waals surface area contributed by atoms with Crippen LogP contribution in [-0.2, 0) is 13.2 Å². The minimum absolute atomic E-state index is 0.546. The number of nitrogens with zero attached hydrogens (tertiary/aromatic N) is 3. The van der Waals surface area contributed by atoms with Gasteiger partial charge in [0.25, 0.3) is 0 Å². The van der Waals surface area contributed by atoms with Crippen molar-refractivity contribution in [3.05, 3.63) is 114 Å². The summed E-state index contributed by atoms with van der Waals surface area (Å²) < 4.78 is 7.73. The summed E-state index contributed by atoms with van der Waals surface area (Å²) in [7, 11) is 0. The quantitative estimate of drug-likeness (QED) is 0.439. The van der Waals surface area contributed by atoms with Crippen molar-refractivity contribution in [3.8, 4) is 5.75 Å². The first-order valence-electron chi connectivity index (χ1n) is 9.86. The molecule has 0 aliphatic heterocycles. The van der Waals surface area contributed by atoms with E-state index in [0.29, 0.717) is 18.8 Å². The Morgan fingerprint density at radius 1 is 0.900 bits per heavy atom. The van der Waals surface area contributed by atoms with Crippen molar-refractivity contribution in [2.45, 2.75) is 20.1 Å². The average molecular weight is 396 g/mol. The van der Waals surface area contributed by atoms with Gasteiger partial charge in [-0.3, -0.25) is 0 Å². The van der Waals surface area contributed by atoms with E-state index < -0.39 is 0 Å². The molecule has 0 spiro atoms. The van der Waals surface area contributed by atoms with Gasteiger partial charge in [0.1, 0.15) is 18.1 Å². The Balaban J connectivity index is 1.37. The SMILES string of the molecule is C=C(Nc1ccc(OCc2ccccc2)cc1)c1nnn(Cc2ccccc2)c1C. The van der Waals surface area contributed by atoms with Crippen molar-refractivity contribution < 1.29 is 4.74 Å². The fourth-order valence-electron chi connectivity index (χ4n) is 3.15. The van der Waals surface area contributed by atoms with Gasteiger partial charge in [0.2, 0.25) is 0 Å². The summed E-state index contributed by atoms with van der Waals surface area (Å²) in [5.41, 5.74) is 5.69. The molecule has 5 heteroatoms. The summed E-state index contributed by atoms with van der Waals surface area (Å²) in [5, 5.41) is 11.9. The van der Waals surface area contributed by atoms with Gasteiger partial charge in [-0.25, -0.2) is 4.68 Å². The molecule has 5 nitrogen and oxygen atoms in total. The Bertz CT molecular complexity index is 1100. The number of rotatable bonds is 8. The van der Waals surface area contributed by atoms with Crippen LogP contribution in [0.25, 0.3) is 5.70 Å². The van der Waals surface area contributed by atoms with E-state index in [-0.39, 0.29) is 0 Å². The molecule has 0 saturated heterocycles. The summed E-state index contributed by atoms with van der Waals surface area (Å²) >= 11 is 0. The van der Waals surface area contributed by atoms with Crippen molar-refractivity contribution in [3.63, 3.8) is 0 Å². The molecule has 1 heterocycles. The van der Waals surface area contributed by atoms with Gasteiger partial charge in [-0.15, -0.1) is 5.10 Å². The molecule has 0 saturated carbocycles. The van der Waals surface area contributed by atoms with E-state index in [1.807, 2.05) is 84.4 Å². The second kappa shape index (κ2) is 9.09. The second-order valence-corrected chi connectivity index (χ2v) is 7.07. The van der Waals surface area contributed by atoms with Crippen molar-refractivity contribution in [2.75, 3.05) is 5.32 Å². The average Bonchev–Trinajstić information content (AvgIpc) is 3.15. The molecule has 0 unspecified atom stereocenters. The molecule has 0 amide bonds. The fourth-order valence-corrected chi connectivity index (χ4v) is 3.15. The third kappa shape index (κ3) is 4.75. The molecular weight excluding hydrogens is 372 g/mol. The number of hydrogen-bond acceptors (Lipinski definition) is 4. The Labute approximate surface area is 176 Å². The van der Waals surface area contributed by atoms with Crippen LogP contribution in [0, 0.1) is 6.92 Å². The topological polar surface area (TPSA) is 52.0 Å². The molecule has 0 radical (unpaired) electrons. The highest BCUT2D eigenvalue weighted by molar-refractivity contribution is 5.74. The lowest BCUT2D eigenvalue weighted by atomic mass is 10.2. The van der Waals surface area contributed by atoms with E-state index in [2.05, 4.69) is 34.3 Å². The van der Waals surface area contributed by atoms with E-state index in [4.69, 9.17) is 4.74 Å². The molecular formula is C25H24N4O. The van der Waals surface area contributed by atoms with E-state index in [1.165, 1.54) is 5.56 Å². The molecule has 4 rings (SSSR count). The summed E-state index contributed by atoms with van der Waals surface area (Å²) in [4.78, 5) is 0. The van der Waals surface area contributed by atoms with Crippen LogP contribution in [0.3, 0.4) is 0 Å². The Morgan fingerprint density at radius 2 is 1.53 bits per heavy atom. The molecule has 0 aliphatic carbocycles. The lowest BCUT2D eigenvalue weighted by Gasteiger charge is -2.10. The predicted octanol–water partition coefficient (Wildman–Crippen LogP) is 5.30. The van der Waals surface area contributed by atoms with Gasteiger partial charge in [-0.2, -0.15) is 0 Å². The lowest BCUT2D eigenvalue weighted by Crippen LogP contribution is -2.05. The first-order chi connectivity index (χ1) is 14.7. The summed E-state index contributed by atoms with van der Waals surface area (Å²) in [6.07, 6.45) is 0. The molecule has 30 heavy (non-hydrogen) atoms. The molecule has 0 aliphatic rings. The minimum Gasteiger partial charge on any atom is -0.489 e. The Kier molecular flexibility index (Phi) is 5.90. The van der Waals surface area contributed by atoms with Crippen LogP contribution in [0.5, 0.6) is 5.75 Å². The number of aromatic nitrogens is 3.